The molecular formula is C35H43O3PSi. The zero-order valence-electron chi connectivity index (χ0n) is 24.2. The number of unbranched alkanes of at least 4 members (excludes halogenated alkanes) is 1. The van der Waals surface area contributed by atoms with Gasteiger partial charge in [0.2, 0.25) is 0 Å². The Morgan fingerprint density at radius 2 is 1.10 bits per heavy atom. The first-order chi connectivity index (χ1) is 19.2. The van der Waals surface area contributed by atoms with Crippen molar-refractivity contribution >= 4 is 36.4 Å². The Hall–Kier alpha value is -2.75. The highest BCUT2D eigenvalue weighted by Crippen LogP contribution is 2.50. The molecule has 0 unspecified atom stereocenters. The molecule has 4 aromatic rings. The highest BCUT2D eigenvalue weighted by Gasteiger charge is 2.50. The summed E-state index contributed by atoms with van der Waals surface area (Å²) in [5, 5.41) is 15.4. The lowest BCUT2D eigenvalue weighted by Gasteiger charge is -2.43. The van der Waals surface area contributed by atoms with E-state index in [1.54, 1.807) is 0 Å². The van der Waals surface area contributed by atoms with Gasteiger partial charge in [0.1, 0.15) is 7.14 Å². The zero-order chi connectivity index (χ0) is 28.6. The average molecular weight is 571 g/mol. The van der Waals surface area contributed by atoms with Crippen LogP contribution in [0, 0.1) is 0 Å². The molecule has 0 aliphatic heterocycles. The number of hydrogen-bond acceptors (Lipinski definition) is 3. The summed E-state index contributed by atoms with van der Waals surface area (Å²) in [5.41, 5.74) is -0.394. The second-order valence-electron chi connectivity index (χ2n) is 11.6. The minimum atomic E-state index is -3.03. The van der Waals surface area contributed by atoms with E-state index in [1.165, 1.54) is 10.4 Å². The predicted octanol–water partition coefficient (Wildman–Crippen LogP) is 6.50. The van der Waals surface area contributed by atoms with Crippen molar-refractivity contribution in [3.63, 3.8) is 0 Å². The lowest BCUT2D eigenvalue weighted by molar-refractivity contribution is 0.156. The van der Waals surface area contributed by atoms with Crippen molar-refractivity contribution in [2.75, 3.05) is 6.61 Å². The first-order valence-corrected chi connectivity index (χ1v) is 18.0. The molecule has 0 aromatic heterocycles. The molecule has 0 heterocycles. The summed E-state index contributed by atoms with van der Waals surface area (Å²) < 4.78 is 21.6. The van der Waals surface area contributed by atoms with E-state index >= 15 is 0 Å². The van der Waals surface area contributed by atoms with Gasteiger partial charge in [-0.25, -0.2) is 0 Å². The summed E-state index contributed by atoms with van der Waals surface area (Å²) in [7, 11) is -5.60. The third-order valence-electron chi connectivity index (χ3n) is 8.04. The summed E-state index contributed by atoms with van der Waals surface area (Å²) >= 11 is 0. The summed E-state index contributed by atoms with van der Waals surface area (Å²) in [6, 6.07) is 40.6. The lowest BCUT2D eigenvalue weighted by Crippen LogP contribution is -2.66. The van der Waals surface area contributed by atoms with Gasteiger partial charge in [0.05, 0.1) is 6.10 Å². The van der Waals surface area contributed by atoms with E-state index in [1.807, 2.05) is 67.6 Å². The summed E-state index contributed by atoms with van der Waals surface area (Å²) in [6.07, 6.45) is 1.52. The lowest BCUT2D eigenvalue weighted by atomic mass is 10.1. The molecule has 0 fully saturated rings. The molecule has 0 amide bonds. The van der Waals surface area contributed by atoms with Gasteiger partial charge >= 0.3 is 0 Å². The van der Waals surface area contributed by atoms with Crippen molar-refractivity contribution in [3.8, 4) is 0 Å². The van der Waals surface area contributed by atoms with Crippen LogP contribution in [-0.4, -0.2) is 31.8 Å². The molecule has 2 atom stereocenters. The maximum Gasteiger partial charge on any atom is 0.261 e. The van der Waals surface area contributed by atoms with Crippen molar-refractivity contribution in [1.82, 2.24) is 0 Å². The van der Waals surface area contributed by atoms with E-state index in [2.05, 4.69) is 81.4 Å². The van der Waals surface area contributed by atoms with Crippen LogP contribution >= 0.6 is 7.14 Å². The molecule has 0 spiro atoms. The molecule has 40 heavy (non-hydrogen) atoms. The SMILES string of the molecule is C[C@@H]([C@H](O)CCCCO[Si](c1ccccc1)(c1ccccc1)C(C)(C)C)P(=O)(c1ccccc1)c1ccccc1. The van der Waals surface area contributed by atoms with Crippen molar-refractivity contribution in [1.29, 1.82) is 0 Å². The molecule has 0 saturated carbocycles. The van der Waals surface area contributed by atoms with Gasteiger partial charge in [0.15, 0.2) is 0 Å². The van der Waals surface area contributed by atoms with Crippen LogP contribution < -0.4 is 21.0 Å². The van der Waals surface area contributed by atoms with E-state index in [4.69, 9.17) is 4.43 Å². The molecule has 210 valence electrons. The molecule has 1 N–H and O–H groups in total. The molecule has 4 aromatic carbocycles. The maximum atomic E-state index is 14.6. The van der Waals surface area contributed by atoms with E-state index in [-0.39, 0.29) is 5.04 Å². The number of rotatable bonds is 12. The highest BCUT2D eigenvalue weighted by atomic mass is 31.2. The van der Waals surface area contributed by atoms with Gasteiger partial charge in [-0.05, 0) is 34.7 Å². The summed E-state index contributed by atoms with van der Waals surface area (Å²) in [6.45, 7) is 9.41. The molecule has 0 saturated heterocycles. The molecule has 3 nitrogen and oxygen atoms in total. The molecule has 5 heteroatoms. The topological polar surface area (TPSA) is 46.5 Å². The van der Waals surface area contributed by atoms with Crippen LogP contribution in [0.25, 0.3) is 0 Å². The van der Waals surface area contributed by atoms with E-state index < -0.39 is 27.2 Å². The first kappa shape index (κ1) is 30.2. The highest BCUT2D eigenvalue weighted by molar-refractivity contribution is 7.79. The van der Waals surface area contributed by atoms with Crippen LogP contribution in [0.5, 0.6) is 0 Å². The Bertz CT molecular complexity index is 1270. The van der Waals surface area contributed by atoms with Gasteiger partial charge in [0, 0.05) is 22.9 Å². The second kappa shape index (κ2) is 13.3. The van der Waals surface area contributed by atoms with E-state index in [0.29, 0.717) is 13.0 Å². The van der Waals surface area contributed by atoms with Gasteiger partial charge in [0.25, 0.3) is 8.32 Å². The van der Waals surface area contributed by atoms with Gasteiger partial charge in [-0.1, -0.05) is 149 Å². The maximum absolute atomic E-state index is 14.6. The van der Waals surface area contributed by atoms with E-state index in [9.17, 15) is 9.67 Å². The Balaban J connectivity index is 1.48. The van der Waals surface area contributed by atoms with Gasteiger partial charge in [-0.2, -0.15) is 0 Å². The quantitative estimate of drug-likeness (QED) is 0.120. The molecule has 0 aliphatic rings. The van der Waals surface area contributed by atoms with Crippen LogP contribution in [0.3, 0.4) is 0 Å². The van der Waals surface area contributed by atoms with Crippen LogP contribution in [0.4, 0.5) is 0 Å². The largest absolute Gasteiger partial charge is 0.407 e. The second-order valence-corrected chi connectivity index (χ2v) is 19.1. The first-order valence-electron chi connectivity index (χ1n) is 14.4. The zero-order valence-corrected chi connectivity index (χ0v) is 26.1. The normalized spacial score (nSPS) is 14.0. The fourth-order valence-corrected chi connectivity index (χ4v) is 13.6. The third-order valence-corrected chi connectivity index (χ3v) is 16.7. The van der Waals surface area contributed by atoms with Crippen LogP contribution in [0.15, 0.2) is 121 Å². The average Bonchev–Trinajstić information content (AvgIpc) is 2.99. The molecule has 0 radical (unpaired) electrons. The smallest absolute Gasteiger partial charge is 0.261 e. The van der Waals surface area contributed by atoms with Crippen LogP contribution in [0.1, 0.15) is 47.0 Å². The molecule has 0 bridgehead atoms. The predicted molar refractivity (Wildman–Crippen MR) is 173 cm³/mol. The fourth-order valence-electron chi connectivity index (χ4n) is 5.84. The number of hydrogen-bond donors (Lipinski definition) is 1. The minimum Gasteiger partial charge on any atom is -0.407 e. The van der Waals surface area contributed by atoms with Crippen LogP contribution in [0.2, 0.25) is 5.04 Å². The van der Waals surface area contributed by atoms with Crippen molar-refractivity contribution < 1.29 is 14.1 Å². The van der Waals surface area contributed by atoms with Gasteiger partial charge < -0.3 is 14.1 Å². The standard InChI is InChI=1S/C35H43O3PSi/c1-29(39(37,30-19-9-5-10-20-30)31-21-11-6-12-22-31)34(36)27-17-18-28-38-40(35(2,3)4,32-23-13-7-14-24-32)33-25-15-8-16-26-33/h5-16,19-26,29,34,36H,17-18,27-28H2,1-4H3/t29-,34+/m0/s1. The van der Waals surface area contributed by atoms with Crippen molar-refractivity contribution in [3.05, 3.63) is 121 Å². The van der Waals surface area contributed by atoms with Gasteiger partial charge in [-0.3, -0.25) is 0 Å². The Morgan fingerprint density at radius 3 is 1.50 bits per heavy atom. The number of benzene rings is 4. The van der Waals surface area contributed by atoms with E-state index in [0.717, 1.165) is 23.5 Å². The third kappa shape index (κ3) is 6.26. The summed E-state index contributed by atoms with van der Waals surface area (Å²) in [4.78, 5) is 0. The fraction of sp³-hybridized carbons (Fsp3) is 0.314. The monoisotopic (exact) mass is 570 g/mol. The van der Waals surface area contributed by atoms with Crippen LogP contribution in [-0.2, 0) is 8.99 Å². The summed E-state index contributed by atoms with van der Waals surface area (Å²) in [5.74, 6) is 0. The van der Waals surface area contributed by atoms with Crippen molar-refractivity contribution in [2.24, 2.45) is 0 Å². The molecular weight excluding hydrogens is 527 g/mol. The molecule has 4 rings (SSSR count). The Morgan fingerprint density at radius 1 is 0.700 bits per heavy atom. The Kier molecular flexibility index (Phi) is 10.0. The van der Waals surface area contributed by atoms with Crippen molar-refractivity contribution in [2.45, 2.75) is 63.8 Å². The Labute approximate surface area is 241 Å². The minimum absolute atomic E-state index is 0.0677. The molecule has 0 aliphatic carbocycles. The number of aliphatic hydroxyl groups is 1. The van der Waals surface area contributed by atoms with Gasteiger partial charge in [-0.15, -0.1) is 0 Å². The number of aliphatic hydroxyl groups excluding tert-OH is 1.